The van der Waals surface area contributed by atoms with Gasteiger partial charge in [0.1, 0.15) is 5.66 Å². The van der Waals surface area contributed by atoms with Crippen LogP contribution >= 0.6 is 0 Å². The Bertz CT molecular complexity index is 211. The minimum atomic E-state index is -0.654. The van der Waals surface area contributed by atoms with Crippen molar-refractivity contribution in [1.82, 2.24) is 10.7 Å². The van der Waals surface area contributed by atoms with E-state index in [0.29, 0.717) is 5.96 Å². The van der Waals surface area contributed by atoms with Gasteiger partial charge in [-0.25, -0.2) is 10.4 Å². The van der Waals surface area contributed by atoms with Crippen molar-refractivity contribution in [2.24, 2.45) is 15.8 Å². The average Bonchev–Trinajstić information content (AvgIpc) is 1.85. The Balaban J connectivity index is 2.69. The van der Waals surface area contributed by atoms with Gasteiger partial charge in [-0.05, 0) is 13.0 Å². The summed E-state index contributed by atoms with van der Waals surface area (Å²) in [5.74, 6) is 0.507. The van der Waals surface area contributed by atoms with Gasteiger partial charge in [-0.15, -0.1) is 0 Å². The lowest BCUT2D eigenvalue weighted by atomic mass is 10.2. The van der Waals surface area contributed by atoms with E-state index in [4.69, 9.17) is 5.73 Å². The molecule has 0 amide bonds. The van der Waals surface area contributed by atoms with Crippen LogP contribution in [0.3, 0.4) is 0 Å². The van der Waals surface area contributed by atoms with Gasteiger partial charge >= 0.3 is 0 Å². The highest BCUT2D eigenvalue weighted by Gasteiger charge is 2.16. The summed E-state index contributed by atoms with van der Waals surface area (Å²) in [5, 5.41) is 6.26. The number of rotatable bonds is 1. The van der Waals surface area contributed by atoms with Crippen molar-refractivity contribution >= 4 is 12.7 Å². The maximum atomic E-state index is 5.68. The summed E-state index contributed by atoms with van der Waals surface area (Å²) in [6.45, 7) is 5.04. The van der Waals surface area contributed by atoms with Crippen LogP contribution in [-0.2, 0) is 0 Å². The fourth-order valence-corrected chi connectivity index (χ4v) is 0.732. The zero-order chi connectivity index (χ0) is 8.32. The molecule has 0 spiro atoms. The van der Waals surface area contributed by atoms with Crippen molar-refractivity contribution < 1.29 is 0 Å². The molecular formula is C6H11N5. The molecule has 1 aliphatic heterocycles. The highest BCUT2D eigenvalue weighted by atomic mass is 15.4. The lowest BCUT2D eigenvalue weighted by molar-refractivity contribution is 0.599. The lowest BCUT2D eigenvalue weighted by Crippen LogP contribution is -2.43. The molecule has 60 valence electrons. The Morgan fingerprint density at radius 1 is 1.91 bits per heavy atom. The Hall–Kier alpha value is -1.36. The summed E-state index contributed by atoms with van der Waals surface area (Å²) in [7, 11) is 0. The largest absolute Gasteiger partial charge is 0.332 e. The first-order chi connectivity index (χ1) is 5.14. The van der Waals surface area contributed by atoms with Crippen molar-refractivity contribution in [2.45, 2.75) is 12.6 Å². The van der Waals surface area contributed by atoms with Crippen LogP contribution in [0.5, 0.6) is 0 Å². The summed E-state index contributed by atoms with van der Waals surface area (Å²) in [6, 6.07) is 0. The Morgan fingerprint density at radius 2 is 2.64 bits per heavy atom. The van der Waals surface area contributed by atoms with E-state index in [-0.39, 0.29) is 0 Å². The molecule has 1 unspecified atom stereocenters. The second-order valence-corrected chi connectivity index (χ2v) is 2.43. The molecule has 0 saturated carbocycles. The standard InChI is InChI=1S/C6H11N5/c1-6(7)3-4-9-5(10-6)11-8-2/h3-4H,2,7H2,1H3,(H2,9,10,11). The van der Waals surface area contributed by atoms with Crippen LogP contribution in [0.1, 0.15) is 6.92 Å². The van der Waals surface area contributed by atoms with E-state index in [0.717, 1.165) is 0 Å². The number of nitrogens with two attached hydrogens (primary N) is 1. The molecule has 0 fully saturated rings. The third-order valence-corrected chi connectivity index (χ3v) is 1.18. The molecule has 5 heteroatoms. The predicted octanol–water partition coefficient (Wildman–Crippen LogP) is -0.661. The molecule has 0 saturated heterocycles. The summed E-state index contributed by atoms with van der Waals surface area (Å²) >= 11 is 0. The van der Waals surface area contributed by atoms with Crippen LogP contribution in [0, 0.1) is 0 Å². The monoisotopic (exact) mass is 153 g/mol. The Labute approximate surface area is 65.1 Å². The van der Waals surface area contributed by atoms with Gasteiger partial charge in [0.2, 0.25) is 5.96 Å². The normalized spacial score (nSPS) is 28.7. The minimum absolute atomic E-state index is 0.507. The highest BCUT2D eigenvalue weighted by Crippen LogP contribution is 2.05. The molecule has 1 rings (SSSR count). The van der Waals surface area contributed by atoms with Crippen molar-refractivity contribution in [3.05, 3.63) is 12.3 Å². The molecule has 0 aromatic rings. The topological polar surface area (TPSA) is 74.8 Å². The first-order valence-electron chi connectivity index (χ1n) is 3.19. The number of aliphatic imine (C=N–C) groups is 1. The fraction of sp³-hybridized carbons (Fsp3) is 0.333. The Morgan fingerprint density at radius 3 is 3.18 bits per heavy atom. The summed E-state index contributed by atoms with van der Waals surface area (Å²) < 4.78 is 0. The number of hydrogen-bond donors (Lipinski definition) is 3. The molecule has 0 aromatic carbocycles. The average molecular weight is 153 g/mol. The van der Waals surface area contributed by atoms with E-state index >= 15 is 0 Å². The van der Waals surface area contributed by atoms with Gasteiger partial charge in [-0.2, -0.15) is 5.10 Å². The van der Waals surface area contributed by atoms with Gasteiger partial charge in [0.05, 0.1) is 0 Å². The summed E-state index contributed by atoms with van der Waals surface area (Å²) in [4.78, 5) is 4.06. The van der Waals surface area contributed by atoms with E-state index in [9.17, 15) is 0 Å². The molecule has 1 atom stereocenters. The number of nitrogens with one attached hydrogen (secondary N) is 2. The van der Waals surface area contributed by atoms with E-state index in [1.54, 1.807) is 19.2 Å². The molecule has 5 nitrogen and oxygen atoms in total. The first-order valence-corrected chi connectivity index (χ1v) is 3.19. The molecule has 1 heterocycles. The smallest absolute Gasteiger partial charge is 0.218 e. The molecule has 11 heavy (non-hydrogen) atoms. The third kappa shape index (κ3) is 2.05. The lowest BCUT2D eigenvalue weighted by Gasteiger charge is -2.20. The molecular weight excluding hydrogens is 142 g/mol. The predicted molar refractivity (Wildman–Crippen MR) is 45.0 cm³/mol. The van der Waals surface area contributed by atoms with Crippen molar-refractivity contribution in [2.75, 3.05) is 0 Å². The zero-order valence-corrected chi connectivity index (χ0v) is 6.33. The quantitative estimate of drug-likeness (QED) is 0.346. The van der Waals surface area contributed by atoms with Crippen molar-refractivity contribution in [1.29, 1.82) is 0 Å². The van der Waals surface area contributed by atoms with Crippen LogP contribution < -0.4 is 16.5 Å². The van der Waals surface area contributed by atoms with Crippen LogP contribution in [-0.4, -0.2) is 18.3 Å². The van der Waals surface area contributed by atoms with Crippen molar-refractivity contribution in [3.8, 4) is 0 Å². The maximum Gasteiger partial charge on any atom is 0.218 e. The SMILES string of the molecule is C=NNC1=NC(C)(N)C=CN1. The molecule has 0 aliphatic carbocycles. The van der Waals surface area contributed by atoms with Gasteiger partial charge < -0.3 is 11.1 Å². The van der Waals surface area contributed by atoms with Crippen LogP contribution in [0.25, 0.3) is 0 Å². The van der Waals surface area contributed by atoms with Crippen LogP contribution in [0.15, 0.2) is 22.4 Å². The van der Waals surface area contributed by atoms with Gasteiger partial charge in [0.15, 0.2) is 0 Å². The highest BCUT2D eigenvalue weighted by molar-refractivity contribution is 5.82. The molecule has 4 N–H and O–H groups in total. The summed E-state index contributed by atoms with van der Waals surface area (Å²) in [5.41, 5.74) is 7.59. The van der Waals surface area contributed by atoms with Gasteiger partial charge in [-0.3, -0.25) is 0 Å². The fourth-order valence-electron chi connectivity index (χ4n) is 0.732. The molecule has 0 bridgehead atoms. The third-order valence-electron chi connectivity index (χ3n) is 1.18. The van der Waals surface area contributed by atoms with Crippen LogP contribution in [0.2, 0.25) is 0 Å². The van der Waals surface area contributed by atoms with Gasteiger partial charge in [-0.1, -0.05) is 0 Å². The molecule has 0 aromatic heterocycles. The summed E-state index contributed by atoms with van der Waals surface area (Å²) in [6.07, 6.45) is 3.46. The number of guanidine groups is 1. The second kappa shape index (κ2) is 2.71. The van der Waals surface area contributed by atoms with Gasteiger partial charge in [0.25, 0.3) is 0 Å². The van der Waals surface area contributed by atoms with E-state index < -0.39 is 5.66 Å². The number of nitrogens with zero attached hydrogens (tertiary/aromatic N) is 2. The van der Waals surface area contributed by atoms with E-state index in [1.807, 2.05) is 0 Å². The minimum Gasteiger partial charge on any atom is -0.332 e. The van der Waals surface area contributed by atoms with Gasteiger partial charge in [0, 0.05) is 12.9 Å². The first kappa shape index (κ1) is 7.74. The molecule has 1 aliphatic rings. The Kier molecular flexibility index (Phi) is 1.91. The number of hydrazone groups is 1. The van der Waals surface area contributed by atoms with Crippen LogP contribution in [0.4, 0.5) is 0 Å². The van der Waals surface area contributed by atoms with E-state index in [2.05, 4.69) is 27.6 Å². The van der Waals surface area contributed by atoms with E-state index in [1.165, 1.54) is 0 Å². The molecule has 0 radical (unpaired) electrons. The number of hydrogen-bond acceptors (Lipinski definition) is 5. The maximum absolute atomic E-state index is 5.68. The van der Waals surface area contributed by atoms with Crippen molar-refractivity contribution in [3.63, 3.8) is 0 Å². The second-order valence-electron chi connectivity index (χ2n) is 2.43. The zero-order valence-electron chi connectivity index (χ0n) is 6.33.